The van der Waals surface area contributed by atoms with Crippen LogP contribution < -0.4 is 0 Å². The van der Waals surface area contributed by atoms with Gasteiger partial charge in [-0.2, -0.15) is 0 Å². The maximum absolute atomic E-state index is 13.3. The molecule has 1 aliphatic carbocycles. The maximum Gasteiger partial charge on any atom is 0.270 e. The Labute approximate surface area is 172 Å². The minimum Gasteiger partial charge on any atom is -0.303 e. The van der Waals surface area contributed by atoms with Gasteiger partial charge in [0.1, 0.15) is 6.29 Å². The van der Waals surface area contributed by atoms with Crippen molar-refractivity contribution in [3.05, 3.63) is 63.8 Å². The number of unbranched alkanes of at least 4 members (excludes halogenated alkanes) is 1. The largest absolute Gasteiger partial charge is 0.303 e. The highest BCUT2D eigenvalue weighted by Gasteiger charge is 2.35. The quantitative estimate of drug-likeness (QED) is 0.301. The van der Waals surface area contributed by atoms with Crippen molar-refractivity contribution < 1.29 is 18.1 Å². The van der Waals surface area contributed by atoms with Gasteiger partial charge >= 0.3 is 0 Å². The Morgan fingerprint density at radius 3 is 2.55 bits per heavy atom. The molecule has 29 heavy (non-hydrogen) atoms. The number of aldehydes is 1. The third-order valence-electron chi connectivity index (χ3n) is 5.25. The summed E-state index contributed by atoms with van der Waals surface area (Å²) in [5.41, 5.74) is 0.0106. The summed E-state index contributed by atoms with van der Waals surface area (Å²) in [6, 6.07) is 3.77. The minimum absolute atomic E-state index is 0.0229. The fraction of sp³-hybridized carbons (Fsp3) is 0.409. The number of sulfone groups is 1. The first-order valence-corrected chi connectivity index (χ1v) is 11.4. The van der Waals surface area contributed by atoms with Crippen molar-refractivity contribution in [2.45, 2.75) is 50.8 Å². The molecule has 0 heterocycles. The van der Waals surface area contributed by atoms with Crippen LogP contribution in [-0.2, 0) is 14.6 Å². The molecule has 1 aromatic carbocycles. The molecule has 0 saturated heterocycles. The van der Waals surface area contributed by atoms with Crippen molar-refractivity contribution in [1.82, 2.24) is 0 Å². The topological polar surface area (TPSA) is 94.3 Å². The highest BCUT2D eigenvalue weighted by molar-refractivity contribution is 7.91. The highest BCUT2D eigenvalue weighted by Crippen LogP contribution is 2.33. The average Bonchev–Trinajstić information content (AvgIpc) is 2.71. The molecule has 0 bridgehead atoms. The molecule has 6 nitrogen and oxygen atoms in total. The number of hydrogen-bond donors (Lipinski definition) is 0. The predicted octanol–water partition coefficient (Wildman–Crippen LogP) is 5.05. The van der Waals surface area contributed by atoms with Gasteiger partial charge in [-0.25, -0.2) is 8.42 Å². The number of benzene rings is 1. The Morgan fingerprint density at radius 1 is 1.24 bits per heavy atom. The smallest absolute Gasteiger partial charge is 0.270 e. The van der Waals surface area contributed by atoms with E-state index in [1.54, 1.807) is 6.08 Å². The van der Waals surface area contributed by atoms with E-state index in [2.05, 4.69) is 0 Å². The van der Waals surface area contributed by atoms with Gasteiger partial charge in [0.25, 0.3) is 5.69 Å². The van der Waals surface area contributed by atoms with Gasteiger partial charge in [0.15, 0.2) is 9.84 Å². The predicted molar refractivity (Wildman–Crippen MR) is 114 cm³/mol. The number of hydrogen-bond acceptors (Lipinski definition) is 5. The lowest BCUT2D eigenvalue weighted by Gasteiger charge is -2.26. The molecule has 0 radical (unpaired) electrons. The zero-order valence-corrected chi connectivity index (χ0v) is 17.7. The third-order valence-corrected chi connectivity index (χ3v) is 7.25. The van der Waals surface area contributed by atoms with Crippen molar-refractivity contribution in [2.75, 3.05) is 5.75 Å². The second-order valence-electron chi connectivity index (χ2n) is 7.39. The number of non-ortho nitro benzene ring substituents is 1. The van der Waals surface area contributed by atoms with Crippen LogP contribution in [0, 0.1) is 15.5 Å². The van der Waals surface area contributed by atoms with E-state index >= 15 is 0 Å². The van der Waals surface area contributed by atoms with E-state index in [0.717, 1.165) is 24.7 Å². The zero-order chi connectivity index (χ0) is 21.5. The third kappa shape index (κ3) is 5.73. The molecule has 0 saturated carbocycles. The Morgan fingerprint density at radius 2 is 2.00 bits per heavy atom. The van der Waals surface area contributed by atoms with E-state index in [1.807, 2.05) is 38.2 Å². The summed E-state index contributed by atoms with van der Waals surface area (Å²) in [5.74, 6) is -0.302. The number of carbonyl (C=O) groups is 1. The van der Waals surface area contributed by atoms with E-state index < -0.39 is 20.2 Å². The van der Waals surface area contributed by atoms with Crippen LogP contribution in [0.25, 0.3) is 6.08 Å². The van der Waals surface area contributed by atoms with Crippen LogP contribution in [-0.4, -0.2) is 25.4 Å². The molecule has 2 rings (SSSR count). The normalized spacial score (nSPS) is 17.2. The number of nitro groups is 1. The summed E-state index contributed by atoms with van der Waals surface area (Å²) in [6.45, 7) is 3.81. The molecule has 0 amide bonds. The van der Waals surface area contributed by atoms with Crippen LogP contribution in [0.4, 0.5) is 5.69 Å². The molecule has 1 atom stereocenters. The molecular formula is C22H27NO5S. The van der Waals surface area contributed by atoms with Crippen LogP contribution in [0.2, 0.25) is 0 Å². The SMILES string of the molecule is CCCCC(C=O)(CC)CS(=O)(=O)c1ccc([N+](=O)[O-])cc1/C=C1/C=CC=CC1. The molecule has 156 valence electrons. The highest BCUT2D eigenvalue weighted by atomic mass is 32.2. The molecule has 0 fully saturated rings. The van der Waals surface area contributed by atoms with Gasteiger partial charge in [0.2, 0.25) is 0 Å². The molecule has 0 spiro atoms. The molecule has 0 aliphatic heterocycles. The van der Waals surface area contributed by atoms with Crippen molar-refractivity contribution in [1.29, 1.82) is 0 Å². The zero-order valence-electron chi connectivity index (χ0n) is 16.8. The average molecular weight is 418 g/mol. The Kier molecular flexibility index (Phi) is 7.67. The first-order valence-electron chi connectivity index (χ1n) is 9.78. The molecule has 1 unspecified atom stereocenters. The monoisotopic (exact) mass is 417 g/mol. The van der Waals surface area contributed by atoms with Crippen LogP contribution in [0.3, 0.4) is 0 Å². The number of rotatable bonds is 10. The van der Waals surface area contributed by atoms with E-state index in [0.29, 0.717) is 19.3 Å². The fourth-order valence-electron chi connectivity index (χ4n) is 3.39. The molecule has 0 aromatic heterocycles. The molecule has 7 heteroatoms. The van der Waals surface area contributed by atoms with Gasteiger partial charge in [-0.1, -0.05) is 51.0 Å². The lowest BCUT2D eigenvalue weighted by molar-refractivity contribution is -0.384. The van der Waals surface area contributed by atoms with Crippen LogP contribution in [0.1, 0.15) is 51.5 Å². The van der Waals surface area contributed by atoms with E-state index in [-0.39, 0.29) is 21.9 Å². The summed E-state index contributed by atoms with van der Waals surface area (Å²) in [4.78, 5) is 22.5. The van der Waals surface area contributed by atoms with Crippen molar-refractivity contribution in [3.8, 4) is 0 Å². The summed E-state index contributed by atoms with van der Waals surface area (Å²) < 4.78 is 26.6. The fourth-order valence-corrected chi connectivity index (χ4v) is 5.48. The Bertz CT molecular complexity index is 959. The van der Waals surface area contributed by atoms with E-state index in [9.17, 15) is 23.3 Å². The van der Waals surface area contributed by atoms with Gasteiger partial charge in [0, 0.05) is 23.1 Å². The number of carbonyl (C=O) groups excluding carboxylic acids is 1. The standard InChI is InChI=1S/C22H27NO5S/c1-3-5-13-22(4-2,16-24)17-29(27,28)21-12-11-20(23(25)26)15-19(21)14-18-9-7-6-8-10-18/h6-9,11-12,14-16H,3-5,10,13,17H2,1-2H3/b18-14-. The Balaban J connectivity index is 2.53. The summed E-state index contributed by atoms with van der Waals surface area (Å²) >= 11 is 0. The number of allylic oxidation sites excluding steroid dienone is 5. The van der Waals surface area contributed by atoms with E-state index in [4.69, 9.17) is 0 Å². The minimum atomic E-state index is -3.84. The molecule has 1 aromatic rings. The van der Waals surface area contributed by atoms with Crippen molar-refractivity contribution >= 4 is 27.9 Å². The van der Waals surface area contributed by atoms with E-state index in [1.165, 1.54) is 18.2 Å². The van der Waals surface area contributed by atoms with Crippen LogP contribution >= 0.6 is 0 Å². The van der Waals surface area contributed by atoms with Crippen LogP contribution in [0.5, 0.6) is 0 Å². The molecular weight excluding hydrogens is 390 g/mol. The van der Waals surface area contributed by atoms with Gasteiger partial charge in [-0.05, 0) is 37.0 Å². The molecule has 0 N–H and O–H groups in total. The van der Waals surface area contributed by atoms with Gasteiger partial charge in [-0.15, -0.1) is 0 Å². The first kappa shape index (κ1) is 22.7. The summed E-state index contributed by atoms with van der Waals surface area (Å²) in [5, 5.41) is 11.2. The number of nitrogens with zero attached hydrogens (tertiary/aromatic N) is 1. The summed E-state index contributed by atoms with van der Waals surface area (Å²) in [6.07, 6.45) is 13.1. The van der Waals surface area contributed by atoms with Crippen molar-refractivity contribution in [2.24, 2.45) is 5.41 Å². The summed E-state index contributed by atoms with van der Waals surface area (Å²) in [7, 11) is -3.84. The van der Waals surface area contributed by atoms with Gasteiger partial charge in [0.05, 0.1) is 15.6 Å². The van der Waals surface area contributed by atoms with Gasteiger partial charge in [-0.3, -0.25) is 10.1 Å². The number of nitro benzene ring substituents is 1. The molecule has 1 aliphatic rings. The second-order valence-corrected chi connectivity index (χ2v) is 9.34. The lowest BCUT2D eigenvalue weighted by Crippen LogP contribution is -2.31. The lowest BCUT2D eigenvalue weighted by atomic mass is 9.84. The maximum atomic E-state index is 13.3. The van der Waals surface area contributed by atoms with Gasteiger partial charge < -0.3 is 4.79 Å². The van der Waals surface area contributed by atoms with Crippen LogP contribution in [0.15, 0.2) is 53.0 Å². The van der Waals surface area contributed by atoms with Crippen molar-refractivity contribution in [3.63, 3.8) is 0 Å². The first-order chi connectivity index (χ1) is 13.8. The Hall–Kier alpha value is -2.54. The second kappa shape index (κ2) is 9.78.